The van der Waals surface area contributed by atoms with E-state index < -0.39 is 60.2 Å². The molecule has 3 amide bonds. The SMILES string of the molecule is CCOC(=O)[C@H](C)NC(=O)[C@H](CC(=O)OCc1ccccc1)NC(=O)[C@H](C)NC(=O)[C@@H](N)Cc1ccc(OCc2ccccc2)cc1. The van der Waals surface area contributed by atoms with E-state index >= 15 is 0 Å². The zero-order valence-electron chi connectivity index (χ0n) is 26.8. The lowest BCUT2D eigenvalue weighted by molar-refractivity contribution is -0.148. The molecule has 0 bridgehead atoms. The van der Waals surface area contributed by atoms with Gasteiger partial charge in [-0.3, -0.25) is 19.2 Å². The lowest BCUT2D eigenvalue weighted by Crippen LogP contribution is -2.56. The first-order chi connectivity index (χ1) is 22.5. The molecule has 12 heteroatoms. The number of carbonyl (C=O) groups is 5. The van der Waals surface area contributed by atoms with Gasteiger partial charge >= 0.3 is 11.9 Å². The molecule has 4 atom stereocenters. The highest BCUT2D eigenvalue weighted by Crippen LogP contribution is 2.15. The Balaban J connectivity index is 1.55. The van der Waals surface area contributed by atoms with E-state index in [4.69, 9.17) is 19.9 Å². The minimum atomic E-state index is -1.40. The first-order valence-corrected chi connectivity index (χ1v) is 15.3. The number of rotatable bonds is 17. The van der Waals surface area contributed by atoms with Crippen molar-refractivity contribution in [2.24, 2.45) is 5.73 Å². The Morgan fingerprint density at radius 3 is 1.83 bits per heavy atom. The van der Waals surface area contributed by atoms with Crippen LogP contribution in [0.25, 0.3) is 0 Å². The van der Waals surface area contributed by atoms with Gasteiger partial charge in [-0.2, -0.15) is 0 Å². The van der Waals surface area contributed by atoms with Crippen LogP contribution >= 0.6 is 0 Å². The molecular weight excluding hydrogens is 604 g/mol. The fraction of sp³-hybridized carbons (Fsp3) is 0.343. The molecule has 12 nitrogen and oxygen atoms in total. The Hall–Kier alpha value is -5.23. The van der Waals surface area contributed by atoms with Crippen LogP contribution < -0.4 is 26.4 Å². The van der Waals surface area contributed by atoms with Crippen molar-refractivity contribution in [1.29, 1.82) is 0 Å². The summed E-state index contributed by atoms with van der Waals surface area (Å²) in [5.74, 6) is -2.90. The Labute approximate surface area is 274 Å². The maximum atomic E-state index is 13.1. The normalized spacial score (nSPS) is 13.2. The molecule has 0 aliphatic rings. The summed E-state index contributed by atoms with van der Waals surface area (Å²) in [4.78, 5) is 63.6. The number of ether oxygens (including phenoxy) is 3. The smallest absolute Gasteiger partial charge is 0.328 e. The van der Waals surface area contributed by atoms with E-state index in [2.05, 4.69) is 16.0 Å². The second kappa shape index (κ2) is 18.7. The van der Waals surface area contributed by atoms with Crippen LogP contribution in [0.5, 0.6) is 5.75 Å². The average Bonchev–Trinajstić information content (AvgIpc) is 3.07. The van der Waals surface area contributed by atoms with Crippen LogP contribution in [0, 0.1) is 0 Å². The van der Waals surface area contributed by atoms with Gasteiger partial charge < -0.3 is 35.9 Å². The van der Waals surface area contributed by atoms with Crippen LogP contribution in [-0.4, -0.2) is 60.4 Å². The Kier molecular flexibility index (Phi) is 14.4. The molecule has 0 unspecified atom stereocenters. The highest BCUT2D eigenvalue weighted by molar-refractivity contribution is 5.95. The number of carbonyl (C=O) groups excluding carboxylic acids is 5. The van der Waals surface area contributed by atoms with E-state index in [-0.39, 0.29) is 19.6 Å². The average molecular weight is 647 g/mol. The van der Waals surface area contributed by atoms with Crippen molar-refractivity contribution in [3.63, 3.8) is 0 Å². The second-order valence-electron chi connectivity index (χ2n) is 10.9. The summed E-state index contributed by atoms with van der Waals surface area (Å²) in [7, 11) is 0. The molecule has 3 aromatic rings. The molecule has 5 N–H and O–H groups in total. The van der Waals surface area contributed by atoms with Crippen molar-refractivity contribution in [3.05, 3.63) is 102 Å². The fourth-order valence-electron chi connectivity index (χ4n) is 4.31. The maximum absolute atomic E-state index is 13.1. The summed E-state index contributed by atoms with van der Waals surface area (Å²) >= 11 is 0. The molecule has 0 aliphatic carbocycles. The minimum absolute atomic E-state index is 0.0328. The largest absolute Gasteiger partial charge is 0.489 e. The van der Waals surface area contributed by atoms with E-state index in [1.54, 1.807) is 55.5 Å². The van der Waals surface area contributed by atoms with E-state index in [1.807, 2.05) is 36.4 Å². The summed E-state index contributed by atoms with van der Waals surface area (Å²) in [6.45, 7) is 4.96. The van der Waals surface area contributed by atoms with Gasteiger partial charge in [-0.25, -0.2) is 4.79 Å². The van der Waals surface area contributed by atoms with Crippen LogP contribution in [0.1, 0.15) is 43.9 Å². The van der Waals surface area contributed by atoms with Crippen molar-refractivity contribution in [2.75, 3.05) is 6.61 Å². The highest BCUT2D eigenvalue weighted by Gasteiger charge is 2.30. The lowest BCUT2D eigenvalue weighted by Gasteiger charge is -2.23. The number of nitrogens with two attached hydrogens (primary N) is 1. The Bertz CT molecular complexity index is 1470. The van der Waals surface area contributed by atoms with Crippen LogP contribution in [0.2, 0.25) is 0 Å². The molecule has 0 saturated carbocycles. The van der Waals surface area contributed by atoms with Gasteiger partial charge in [0.2, 0.25) is 17.7 Å². The summed E-state index contributed by atoms with van der Waals surface area (Å²) in [6, 6.07) is 21.3. The van der Waals surface area contributed by atoms with Gasteiger partial charge in [-0.15, -0.1) is 0 Å². The van der Waals surface area contributed by atoms with E-state index in [0.717, 1.165) is 16.7 Å². The molecular formula is C35H42N4O8. The minimum Gasteiger partial charge on any atom is -0.489 e. The number of benzene rings is 3. The van der Waals surface area contributed by atoms with E-state index in [9.17, 15) is 24.0 Å². The molecule has 0 fully saturated rings. The highest BCUT2D eigenvalue weighted by atomic mass is 16.5. The third-order valence-electron chi connectivity index (χ3n) is 6.96. The number of hydrogen-bond acceptors (Lipinski definition) is 9. The van der Waals surface area contributed by atoms with Gasteiger partial charge in [-0.1, -0.05) is 72.8 Å². The maximum Gasteiger partial charge on any atom is 0.328 e. The molecule has 0 saturated heterocycles. The third-order valence-corrected chi connectivity index (χ3v) is 6.96. The van der Waals surface area contributed by atoms with E-state index in [1.165, 1.54) is 13.8 Å². The molecule has 0 radical (unpaired) electrons. The first-order valence-electron chi connectivity index (χ1n) is 15.3. The number of amides is 3. The van der Waals surface area contributed by atoms with Gasteiger partial charge in [0.1, 0.15) is 37.1 Å². The summed E-state index contributed by atoms with van der Waals surface area (Å²) in [5, 5.41) is 7.46. The number of esters is 2. The van der Waals surface area contributed by atoms with Crippen LogP contribution in [0.4, 0.5) is 0 Å². The summed E-state index contributed by atoms with van der Waals surface area (Å²) in [5.41, 5.74) is 8.70. The van der Waals surface area contributed by atoms with Crippen molar-refractivity contribution in [1.82, 2.24) is 16.0 Å². The molecule has 3 rings (SSSR count). The zero-order valence-corrected chi connectivity index (χ0v) is 26.8. The molecule has 0 aliphatic heterocycles. The molecule has 47 heavy (non-hydrogen) atoms. The predicted molar refractivity (Wildman–Crippen MR) is 174 cm³/mol. The second-order valence-corrected chi connectivity index (χ2v) is 10.9. The summed E-state index contributed by atoms with van der Waals surface area (Å²) < 4.78 is 16.0. The van der Waals surface area contributed by atoms with Gasteiger partial charge in [-0.05, 0) is 56.0 Å². The molecule has 0 aromatic heterocycles. The predicted octanol–water partition coefficient (Wildman–Crippen LogP) is 2.33. The fourth-order valence-corrected chi connectivity index (χ4v) is 4.31. The van der Waals surface area contributed by atoms with Crippen LogP contribution in [-0.2, 0) is 53.1 Å². The third kappa shape index (κ3) is 12.6. The quantitative estimate of drug-likeness (QED) is 0.160. The number of nitrogens with one attached hydrogen (secondary N) is 3. The van der Waals surface area contributed by atoms with Gasteiger partial charge in [0.15, 0.2) is 0 Å². The van der Waals surface area contributed by atoms with Gasteiger partial charge in [0, 0.05) is 0 Å². The summed E-state index contributed by atoms with van der Waals surface area (Å²) in [6.07, 6.45) is -0.325. The van der Waals surface area contributed by atoms with Crippen LogP contribution in [0.15, 0.2) is 84.9 Å². The molecule has 250 valence electrons. The lowest BCUT2D eigenvalue weighted by atomic mass is 10.1. The molecule has 0 heterocycles. The first kappa shape index (κ1) is 36.2. The van der Waals surface area contributed by atoms with Gasteiger partial charge in [0.05, 0.1) is 19.1 Å². The monoisotopic (exact) mass is 646 g/mol. The topological polar surface area (TPSA) is 175 Å². The van der Waals surface area contributed by atoms with Crippen molar-refractivity contribution in [2.45, 2.75) is 71.0 Å². The van der Waals surface area contributed by atoms with Crippen molar-refractivity contribution >= 4 is 29.7 Å². The number of hydrogen-bond donors (Lipinski definition) is 4. The molecule has 3 aromatic carbocycles. The van der Waals surface area contributed by atoms with E-state index in [0.29, 0.717) is 12.4 Å². The zero-order chi connectivity index (χ0) is 34.2. The Morgan fingerprint density at radius 2 is 1.23 bits per heavy atom. The van der Waals surface area contributed by atoms with Crippen molar-refractivity contribution < 1.29 is 38.2 Å². The van der Waals surface area contributed by atoms with Crippen molar-refractivity contribution in [3.8, 4) is 5.75 Å². The molecule has 0 spiro atoms. The Morgan fingerprint density at radius 1 is 0.660 bits per heavy atom. The van der Waals surface area contributed by atoms with Gasteiger partial charge in [0.25, 0.3) is 0 Å². The standard InChI is InChI=1S/C35H42N4O8/c1-4-45-35(44)24(3)38-34(43)30(20-31(40)47-22-27-13-9-6-10-14-27)39-32(41)23(2)37-33(42)29(36)19-25-15-17-28(18-16-25)46-21-26-11-7-5-8-12-26/h5-18,23-24,29-30H,4,19-22,36H2,1-3H3,(H,37,42)(H,38,43)(H,39,41)/t23-,24-,29-,30-/m0/s1. The van der Waals surface area contributed by atoms with Crippen LogP contribution in [0.3, 0.4) is 0 Å².